The molecule has 1 heterocycles. The van der Waals surface area contributed by atoms with Gasteiger partial charge in [0.1, 0.15) is 11.5 Å². The molecular formula is C20H21F3N2O3. The maximum absolute atomic E-state index is 12.5. The summed E-state index contributed by atoms with van der Waals surface area (Å²) in [5, 5.41) is 2.79. The van der Waals surface area contributed by atoms with Gasteiger partial charge in [-0.15, -0.1) is 0 Å². The minimum absolute atomic E-state index is 0.0172. The number of aromatic nitrogens is 1. The van der Waals surface area contributed by atoms with Crippen LogP contribution in [0.4, 0.5) is 13.2 Å². The van der Waals surface area contributed by atoms with Gasteiger partial charge in [0.25, 0.3) is 5.91 Å². The number of rotatable bonds is 7. The van der Waals surface area contributed by atoms with E-state index in [1.165, 1.54) is 31.2 Å². The predicted octanol–water partition coefficient (Wildman–Crippen LogP) is 3.95. The minimum Gasteiger partial charge on any atom is -0.484 e. The van der Waals surface area contributed by atoms with E-state index in [1.807, 2.05) is 0 Å². The van der Waals surface area contributed by atoms with Gasteiger partial charge in [0.05, 0.1) is 6.04 Å². The number of alkyl halides is 3. The van der Waals surface area contributed by atoms with E-state index in [0.29, 0.717) is 5.69 Å². The van der Waals surface area contributed by atoms with Gasteiger partial charge < -0.3 is 10.1 Å². The fraction of sp³-hybridized carbons (Fsp3) is 0.350. The molecule has 0 saturated heterocycles. The molecule has 1 atom stereocenters. The number of carbonyl (C=O) groups excluding carboxylic acids is 2. The Labute approximate surface area is 160 Å². The molecule has 8 heteroatoms. The molecule has 1 aromatic carbocycles. The molecule has 1 aromatic heterocycles. The van der Waals surface area contributed by atoms with Crippen molar-refractivity contribution in [2.75, 3.05) is 6.61 Å². The highest BCUT2D eigenvalue weighted by molar-refractivity contribution is 5.94. The highest BCUT2D eigenvalue weighted by Crippen LogP contribution is 2.20. The predicted molar refractivity (Wildman–Crippen MR) is 97.2 cm³/mol. The van der Waals surface area contributed by atoms with Crippen molar-refractivity contribution >= 4 is 11.7 Å². The van der Waals surface area contributed by atoms with Gasteiger partial charge in [-0.1, -0.05) is 6.07 Å². The highest BCUT2D eigenvalue weighted by Gasteiger charge is 2.28. The Morgan fingerprint density at radius 2 is 1.93 bits per heavy atom. The Morgan fingerprint density at radius 1 is 1.21 bits per heavy atom. The molecule has 0 spiro atoms. The molecule has 150 valence electrons. The number of Topliss-reactive ketones (excluding diaryl/α,β-unsaturated/α-hetero) is 1. The second kappa shape index (κ2) is 8.86. The average Bonchev–Trinajstić information content (AvgIpc) is 2.58. The second-order valence-electron chi connectivity index (χ2n) is 6.54. The third kappa shape index (κ3) is 6.68. The summed E-state index contributed by atoms with van der Waals surface area (Å²) in [6.07, 6.45) is -4.25. The number of aryl methyl sites for hydroxylation is 1. The topological polar surface area (TPSA) is 68.3 Å². The summed E-state index contributed by atoms with van der Waals surface area (Å²) in [5.74, 6) is -0.509. The number of amides is 1. The van der Waals surface area contributed by atoms with Crippen LogP contribution in [-0.4, -0.2) is 29.5 Å². The number of hydrogen-bond acceptors (Lipinski definition) is 4. The quantitative estimate of drug-likeness (QED) is 0.772. The van der Waals surface area contributed by atoms with E-state index in [1.54, 1.807) is 26.0 Å². The van der Waals surface area contributed by atoms with Crippen molar-refractivity contribution in [1.82, 2.24) is 10.3 Å². The first-order chi connectivity index (χ1) is 13.0. The highest BCUT2D eigenvalue weighted by atomic mass is 19.4. The van der Waals surface area contributed by atoms with Crippen LogP contribution < -0.4 is 10.1 Å². The number of ketones is 1. The lowest BCUT2D eigenvalue weighted by Gasteiger charge is -2.16. The van der Waals surface area contributed by atoms with Crippen LogP contribution in [0.1, 0.15) is 47.2 Å². The number of carbonyl (C=O) groups is 2. The Hall–Kier alpha value is -2.90. The number of pyridine rings is 1. The van der Waals surface area contributed by atoms with Crippen molar-refractivity contribution < 1.29 is 27.5 Å². The van der Waals surface area contributed by atoms with Crippen molar-refractivity contribution in [2.45, 2.75) is 39.4 Å². The molecule has 0 aliphatic heterocycles. The molecule has 1 unspecified atom stereocenters. The lowest BCUT2D eigenvalue weighted by atomic mass is 10.0. The zero-order valence-corrected chi connectivity index (χ0v) is 15.8. The van der Waals surface area contributed by atoms with E-state index >= 15 is 0 Å². The summed E-state index contributed by atoms with van der Waals surface area (Å²) in [7, 11) is 0. The normalized spacial score (nSPS) is 12.4. The van der Waals surface area contributed by atoms with Crippen molar-refractivity contribution in [3.05, 3.63) is 58.9 Å². The molecule has 0 fully saturated rings. The van der Waals surface area contributed by atoms with Crippen LogP contribution >= 0.6 is 0 Å². The van der Waals surface area contributed by atoms with E-state index in [2.05, 4.69) is 15.0 Å². The fourth-order valence-electron chi connectivity index (χ4n) is 2.62. The van der Waals surface area contributed by atoms with E-state index in [0.717, 1.165) is 11.3 Å². The largest absolute Gasteiger partial charge is 0.484 e. The van der Waals surface area contributed by atoms with Gasteiger partial charge in [0, 0.05) is 23.4 Å². The Balaban J connectivity index is 2.10. The molecule has 0 aliphatic carbocycles. The van der Waals surface area contributed by atoms with E-state index < -0.39 is 18.7 Å². The molecule has 2 aromatic rings. The molecule has 1 amide bonds. The van der Waals surface area contributed by atoms with Gasteiger partial charge >= 0.3 is 6.18 Å². The maximum atomic E-state index is 12.5. The summed E-state index contributed by atoms with van der Waals surface area (Å²) < 4.78 is 41.5. The number of nitrogens with zero attached hydrogens (tertiary/aromatic N) is 1. The molecule has 5 nitrogen and oxygen atoms in total. The molecule has 0 radical (unpaired) electrons. The monoisotopic (exact) mass is 394 g/mol. The van der Waals surface area contributed by atoms with Gasteiger partial charge in [0.15, 0.2) is 6.61 Å². The molecule has 0 aliphatic rings. The number of hydrogen-bond donors (Lipinski definition) is 1. The number of ether oxygens (including phenoxy) is 1. The standard InChI is InChI=1S/C20H21F3N2O3/c1-12-7-16(9-17(24-12)8-13(2)26)14(3)25-19(27)15-5-4-6-18(10-15)28-11-20(21,22)23/h4-7,9-10,14H,8,11H2,1-3H3,(H,25,27). The molecule has 2 rings (SSSR count). The molecule has 1 N–H and O–H groups in total. The van der Waals surface area contributed by atoms with Crippen LogP contribution in [0.3, 0.4) is 0 Å². The number of halogens is 3. The average molecular weight is 394 g/mol. The zero-order chi connectivity index (χ0) is 20.9. The summed E-state index contributed by atoms with van der Waals surface area (Å²) in [6.45, 7) is 3.61. The molecule has 28 heavy (non-hydrogen) atoms. The van der Waals surface area contributed by atoms with Crippen LogP contribution in [0.15, 0.2) is 36.4 Å². The van der Waals surface area contributed by atoms with Crippen LogP contribution in [-0.2, 0) is 11.2 Å². The lowest BCUT2D eigenvalue weighted by Crippen LogP contribution is -2.27. The van der Waals surface area contributed by atoms with Crippen molar-refractivity contribution in [1.29, 1.82) is 0 Å². The van der Waals surface area contributed by atoms with Gasteiger partial charge in [0.2, 0.25) is 0 Å². The second-order valence-corrected chi connectivity index (χ2v) is 6.54. The van der Waals surface area contributed by atoms with Crippen LogP contribution in [0, 0.1) is 6.92 Å². The van der Waals surface area contributed by atoms with Crippen LogP contribution in [0.25, 0.3) is 0 Å². The summed E-state index contributed by atoms with van der Waals surface area (Å²) in [5.41, 5.74) is 2.30. The number of nitrogens with one attached hydrogen (secondary N) is 1. The molecular weight excluding hydrogens is 373 g/mol. The SMILES string of the molecule is CC(=O)Cc1cc(C(C)NC(=O)c2cccc(OCC(F)(F)F)c2)cc(C)n1. The Kier molecular flexibility index (Phi) is 6.77. The lowest BCUT2D eigenvalue weighted by molar-refractivity contribution is -0.153. The van der Waals surface area contributed by atoms with Crippen molar-refractivity contribution in [3.63, 3.8) is 0 Å². The number of benzene rings is 1. The minimum atomic E-state index is -4.45. The maximum Gasteiger partial charge on any atom is 0.422 e. The van der Waals surface area contributed by atoms with Crippen LogP contribution in [0.5, 0.6) is 5.75 Å². The fourth-order valence-corrected chi connectivity index (χ4v) is 2.62. The summed E-state index contributed by atoms with van der Waals surface area (Å²) in [4.78, 5) is 28.1. The van der Waals surface area contributed by atoms with Gasteiger partial charge in [-0.3, -0.25) is 14.6 Å². The van der Waals surface area contributed by atoms with Crippen molar-refractivity contribution in [2.24, 2.45) is 0 Å². The third-order valence-corrected chi connectivity index (χ3v) is 3.81. The first-order valence-corrected chi connectivity index (χ1v) is 8.61. The first-order valence-electron chi connectivity index (χ1n) is 8.61. The van der Waals surface area contributed by atoms with Crippen LogP contribution in [0.2, 0.25) is 0 Å². The van der Waals surface area contributed by atoms with E-state index in [4.69, 9.17) is 0 Å². The summed E-state index contributed by atoms with van der Waals surface area (Å²) >= 11 is 0. The Morgan fingerprint density at radius 3 is 2.57 bits per heavy atom. The first kappa shape index (κ1) is 21.4. The van der Waals surface area contributed by atoms with Gasteiger partial charge in [-0.2, -0.15) is 13.2 Å². The third-order valence-electron chi connectivity index (χ3n) is 3.81. The van der Waals surface area contributed by atoms with E-state index in [-0.39, 0.29) is 29.6 Å². The van der Waals surface area contributed by atoms with Gasteiger partial charge in [-0.25, -0.2) is 0 Å². The summed E-state index contributed by atoms with van der Waals surface area (Å²) in [6, 6.07) is 8.71. The van der Waals surface area contributed by atoms with Gasteiger partial charge in [-0.05, 0) is 56.7 Å². The zero-order valence-electron chi connectivity index (χ0n) is 15.8. The van der Waals surface area contributed by atoms with Crippen molar-refractivity contribution in [3.8, 4) is 5.75 Å². The Bertz CT molecular complexity index is 866. The van der Waals surface area contributed by atoms with E-state index in [9.17, 15) is 22.8 Å². The molecule has 0 bridgehead atoms. The molecule has 0 saturated carbocycles. The smallest absolute Gasteiger partial charge is 0.422 e.